The average Bonchev–Trinajstić information content (AvgIpc) is 2.47. The van der Waals surface area contributed by atoms with Crippen molar-refractivity contribution in [2.75, 3.05) is 13.2 Å². The number of aliphatic hydroxyl groups is 3. The van der Waals surface area contributed by atoms with Crippen LogP contribution in [0.1, 0.15) is 39.0 Å². The van der Waals surface area contributed by atoms with E-state index in [0.717, 1.165) is 0 Å². The molecule has 0 aromatic heterocycles. The van der Waals surface area contributed by atoms with Crippen molar-refractivity contribution in [3.05, 3.63) is 0 Å². The highest BCUT2D eigenvalue weighted by Gasteiger charge is 2.44. The average molecular weight is 305 g/mol. The highest BCUT2D eigenvalue weighted by atomic mass is 32.2. The molecule has 0 aromatic rings. The van der Waals surface area contributed by atoms with E-state index in [9.17, 15) is 15.3 Å². The van der Waals surface area contributed by atoms with Crippen LogP contribution >= 0.6 is 11.8 Å². The van der Waals surface area contributed by atoms with E-state index in [1.807, 2.05) is 6.92 Å². The third-order valence-electron chi connectivity index (χ3n) is 4.20. The first-order chi connectivity index (χ1) is 9.67. The normalized spacial score (nSPS) is 39.9. The summed E-state index contributed by atoms with van der Waals surface area (Å²) in [6, 6.07) is -0.287. The Balaban J connectivity index is 2.01. The summed E-state index contributed by atoms with van der Waals surface area (Å²) in [5.74, 6) is 0. The molecule has 1 aliphatic heterocycles. The number of nitrogens with one attached hydrogen (secondary N) is 1. The Bertz CT molecular complexity index is 288. The summed E-state index contributed by atoms with van der Waals surface area (Å²) in [6.07, 6.45) is 3.56. The molecule has 20 heavy (non-hydrogen) atoms. The molecule has 118 valence electrons. The van der Waals surface area contributed by atoms with E-state index >= 15 is 0 Å². The van der Waals surface area contributed by atoms with Gasteiger partial charge in [0.2, 0.25) is 0 Å². The van der Waals surface area contributed by atoms with Crippen LogP contribution in [-0.2, 0) is 4.74 Å². The molecule has 5 atom stereocenters. The predicted molar refractivity (Wildman–Crippen MR) is 79.7 cm³/mol. The van der Waals surface area contributed by atoms with Gasteiger partial charge < -0.3 is 25.4 Å². The number of hydrogen-bond acceptors (Lipinski definition) is 6. The molecule has 1 heterocycles. The van der Waals surface area contributed by atoms with Crippen molar-refractivity contribution in [3.63, 3.8) is 0 Å². The predicted octanol–water partition coefficient (Wildman–Crippen LogP) is 0.469. The molecule has 1 aliphatic carbocycles. The van der Waals surface area contributed by atoms with Crippen molar-refractivity contribution >= 4 is 11.8 Å². The molecule has 1 saturated carbocycles. The summed E-state index contributed by atoms with van der Waals surface area (Å²) in [6.45, 7) is 2.42. The maximum atomic E-state index is 10.3. The molecule has 4 N–H and O–H groups in total. The van der Waals surface area contributed by atoms with Crippen LogP contribution in [0.5, 0.6) is 0 Å². The molecule has 0 radical (unpaired) electrons. The molecule has 5 nitrogen and oxygen atoms in total. The fraction of sp³-hybridized carbons (Fsp3) is 1.00. The minimum Gasteiger partial charge on any atom is -0.394 e. The van der Waals surface area contributed by atoms with Crippen LogP contribution in [0.2, 0.25) is 0 Å². The summed E-state index contributed by atoms with van der Waals surface area (Å²) < 4.78 is 5.83. The van der Waals surface area contributed by atoms with Crippen LogP contribution < -0.4 is 5.32 Å². The second kappa shape index (κ2) is 7.96. The summed E-state index contributed by atoms with van der Waals surface area (Å²) in [4.78, 5) is 0. The lowest BCUT2D eigenvalue weighted by Crippen LogP contribution is -2.62. The Kier molecular flexibility index (Phi) is 6.58. The van der Waals surface area contributed by atoms with Gasteiger partial charge in [-0.25, -0.2) is 0 Å². The summed E-state index contributed by atoms with van der Waals surface area (Å²) >= 11 is 1.75. The molecule has 2 aliphatic rings. The highest BCUT2D eigenvalue weighted by molar-refractivity contribution is 8.00. The van der Waals surface area contributed by atoms with Crippen LogP contribution in [0.3, 0.4) is 0 Å². The van der Waals surface area contributed by atoms with Gasteiger partial charge in [-0.15, -0.1) is 11.8 Å². The maximum Gasteiger partial charge on any atom is 0.122 e. The standard InChI is InChI=1S/C14H27NO4S/c1-2-15-11-13(18)12(17)10(8-16)19-14(11)20-9-6-4-3-5-7-9/h9-18H,2-8H2,1H3/t10-,11-,12-,13-,14-/m1/s1. The first kappa shape index (κ1) is 16.5. The third-order valence-corrected chi connectivity index (χ3v) is 5.73. The fourth-order valence-corrected chi connectivity index (χ4v) is 4.66. The largest absolute Gasteiger partial charge is 0.394 e. The zero-order valence-corrected chi connectivity index (χ0v) is 12.9. The molecule has 1 saturated heterocycles. The third kappa shape index (κ3) is 3.87. The van der Waals surface area contributed by atoms with Crippen LogP contribution in [0.15, 0.2) is 0 Å². The monoisotopic (exact) mass is 305 g/mol. The lowest BCUT2D eigenvalue weighted by atomic mass is 9.98. The lowest BCUT2D eigenvalue weighted by molar-refractivity contribution is -0.171. The van der Waals surface area contributed by atoms with E-state index in [4.69, 9.17) is 4.74 Å². The van der Waals surface area contributed by atoms with Gasteiger partial charge in [-0.05, 0) is 19.4 Å². The van der Waals surface area contributed by atoms with Gasteiger partial charge in [-0.1, -0.05) is 26.2 Å². The van der Waals surface area contributed by atoms with Gasteiger partial charge >= 0.3 is 0 Å². The van der Waals surface area contributed by atoms with Crippen LogP contribution in [-0.4, -0.2) is 63.5 Å². The van der Waals surface area contributed by atoms with E-state index in [-0.39, 0.29) is 18.1 Å². The smallest absolute Gasteiger partial charge is 0.122 e. The van der Waals surface area contributed by atoms with Crippen molar-refractivity contribution in [1.82, 2.24) is 5.32 Å². The first-order valence-corrected chi connectivity index (χ1v) is 8.63. The first-order valence-electron chi connectivity index (χ1n) is 7.68. The quantitative estimate of drug-likeness (QED) is 0.591. The molecular formula is C14H27NO4S. The maximum absolute atomic E-state index is 10.3. The lowest BCUT2D eigenvalue weighted by Gasteiger charge is -2.43. The van der Waals surface area contributed by atoms with E-state index < -0.39 is 18.3 Å². The van der Waals surface area contributed by atoms with Gasteiger partial charge in [-0.3, -0.25) is 0 Å². The topological polar surface area (TPSA) is 82.0 Å². The van der Waals surface area contributed by atoms with Gasteiger partial charge in [0.05, 0.1) is 12.6 Å². The molecule has 0 bridgehead atoms. The van der Waals surface area contributed by atoms with Gasteiger partial charge in [0.1, 0.15) is 23.7 Å². The Morgan fingerprint density at radius 3 is 2.45 bits per heavy atom. The SMILES string of the molecule is CCN[C@@H]1[C@@H](O)[C@H](O)[C@@H](CO)O[C@@H]1SC1CCCCC1. The van der Waals surface area contributed by atoms with Gasteiger partial charge in [-0.2, -0.15) is 0 Å². The molecule has 6 heteroatoms. The summed E-state index contributed by atoms with van der Waals surface area (Å²) in [5, 5.41) is 33.3. The molecule has 0 aromatic carbocycles. The van der Waals surface area contributed by atoms with E-state index in [0.29, 0.717) is 11.8 Å². The van der Waals surface area contributed by atoms with E-state index in [2.05, 4.69) is 5.32 Å². The molecule has 2 fully saturated rings. The highest BCUT2D eigenvalue weighted by Crippen LogP contribution is 2.36. The van der Waals surface area contributed by atoms with Crippen LogP contribution in [0.4, 0.5) is 0 Å². The molecular weight excluding hydrogens is 278 g/mol. The fourth-order valence-electron chi connectivity index (χ4n) is 3.04. The Labute approximate surface area is 125 Å². The van der Waals surface area contributed by atoms with E-state index in [1.165, 1.54) is 32.1 Å². The minimum atomic E-state index is -1.03. The Morgan fingerprint density at radius 1 is 1.15 bits per heavy atom. The van der Waals surface area contributed by atoms with Crippen molar-refractivity contribution < 1.29 is 20.1 Å². The number of likely N-dealkylation sites (N-methyl/N-ethyl adjacent to an activating group) is 1. The molecule has 0 amide bonds. The van der Waals surface area contributed by atoms with Gasteiger partial charge in [0.25, 0.3) is 0 Å². The number of thioether (sulfide) groups is 1. The molecule has 2 rings (SSSR count). The van der Waals surface area contributed by atoms with Crippen molar-refractivity contribution in [1.29, 1.82) is 0 Å². The number of hydrogen-bond donors (Lipinski definition) is 4. The Morgan fingerprint density at radius 2 is 1.85 bits per heavy atom. The zero-order valence-electron chi connectivity index (χ0n) is 12.1. The summed E-state index contributed by atoms with van der Waals surface area (Å²) in [7, 11) is 0. The van der Waals surface area contributed by atoms with E-state index in [1.54, 1.807) is 11.8 Å². The Hall–Kier alpha value is 0.150. The summed E-state index contributed by atoms with van der Waals surface area (Å²) in [5.41, 5.74) is -0.214. The van der Waals surface area contributed by atoms with Gasteiger partial charge in [0, 0.05) is 5.25 Å². The number of ether oxygens (including phenoxy) is 1. The van der Waals surface area contributed by atoms with Crippen LogP contribution in [0, 0.1) is 0 Å². The zero-order chi connectivity index (χ0) is 14.5. The minimum absolute atomic E-state index is 0.214. The second-order valence-electron chi connectivity index (χ2n) is 5.69. The molecule has 0 spiro atoms. The molecule has 0 unspecified atom stereocenters. The van der Waals surface area contributed by atoms with Crippen molar-refractivity contribution in [3.8, 4) is 0 Å². The van der Waals surface area contributed by atoms with Crippen LogP contribution in [0.25, 0.3) is 0 Å². The van der Waals surface area contributed by atoms with Gasteiger partial charge in [0.15, 0.2) is 0 Å². The second-order valence-corrected chi connectivity index (χ2v) is 7.09. The van der Waals surface area contributed by atoms with Crippen molar-refractivity contribution in [2.45, 2.75) is 74.1 Å². The van der Waals surface area contributed by atoms with Crippen molar-refractivity contribution in [2.24, 2.45) is 0 Å². The number of aliphatic hydroxyl groups excluding tert-OH is 3. The number of rotatable bonds is 5.